The van der Waals surface area contributed by atoms with E-state index < -0.39 is 11.6 Å². The van der Waals surface area contributed by atoms with Crippen LogP contribution in [-0.4, -0.2) is 29.2 Å². The van der Waals surface area contributed by atoms with Gasteiger partial charge in [-0.3, -0.25) is 4.79 Å². The molecule has 1 amide bonds. The highest BCUT2D eigenvalue weighted by Crippen LogP contribution is 2.28. The van der Waals surface area contributed by atoms with Crippen molar-refractivity contribution in [3.8, 4) is 0 Å². The van der Waals surface area contributed by atoms with E-state index in [0.717, 1.165) is 25.7 Å². The molecule has 0 aromatic carbocycles. The van der Waals surface area contributed by atoms with Crippen molar-refractivity contribution in [2.75, 3.05) is 6.54 Å². The molecule has 1 unspecified atom stereocenters. The number of hydrogen-bond acceptors (Lipinski definition) is 3. The lowest BCUT2D eigenvalue weighted by molar-refractivity contribution is -0.123. The molecular formula is C9H18N2O2. The molecule has 0 aromatic rings. The van der Waals surface area contributed by atoms with Crippen molar-refractivity contribution in [2.45, 2.75) is 44.2 Å². The van der Waals surface area contributed by atoms with Crippen molar-refractivity contribution >= 4 is 5.91 Å². The van der Waals surface area contributed by atoms with Crippen molar-refractivity contribution in [1.82, 2.24) is 5.32 Å². The topological polar surface area (TPSA) is 75.4 Å². The Hall–Kier alpha value is -0.610. The van der Waals surface area contributed by atoms with Crippen LogP contribution in [0.15, 0.2) is 0 Å². The number of hydrogen-bond donors (Lipinski definition) is 3. The van der Waals surface area contributed by atoms with Crippen LogP contribution in [0.2, 0.25) is 0 Å². The van der Waals surface area contributed by atoms with Crippen LogP contribution in [-0.2, 0) is 4.79 Å². The number of amides is 1. The van der Waals surface area contributed by atoms with E-state index in [1.807, 2.05) is 0 Å². The van der Waals surface area contributed by atoms with Gasteiger partial charge < -0.3 is 16.2 Å². The summed E-state index contributed by atoms with van der Waals surface area (Å²) in [5, 5.41) is 12.5. The maximum absolute atomic E-state index is 11.1. The highest BCUT2D eigenvalue weighted by molar-refractivity contribution is 5.81. The molecule has 1 fully saturated rings. The van der Waals surface area contributed by atoms with Gasteiger partial charge in [0.2, 0.25) is 5.91 Å². The fourth-order valence-corrected chi connectivity index (χ4v) is 1.62. The van der Waals surface area contributed by atoms with Crippen LogP contribution in [0.1, 0.15) is 32.6 Å². The fraction of sp³-hybridized carbons (Fsp3) is 0.889. The van der Waals surface area contributed by atoms with E-state index in [9.17, 15) is 9.90 Å². The van der Waals surface area contributed by atoms with Crippen LogP contribution in [0, 0.1) is 0 Å². The summed E-state index contributed by atoms with van der Waals surface area (Å²) in [6, 6.07) is -0.495. The van der Waals surface area contributed by atoms with Gasteiger partial charge >= 0.3 is 0 Å². The molecule has 4 N–H and O–H groups in total. The third-order valence-electron chi connectivity index (χ3n) is 2.54. The average molecular weight is 186 g/mol. The van der Waals surface area contributed by atoms with E-state index in [4.69, 9.17) is 5.73 Å². The maximum Gasteiger partial charge on any atom is 0.236 e. The fourth-order valence-electron chi connectivity index (χ4n) is 1.62. The van der Waals surface area contributed by atoms with Gasteiger partial charge in [-0.1, -0.05) is 12.8 Å². The summed E-state index contributed by atoms with van der Waals surface area (Å²) in [4.78, 5) is 11.1. The smallest absolute Gasteiger partial charge is 0.236 e. The van der Waals surface area contributed by atoms with Gasteiger partial charge in [-0.15, -0.1) is 0 Å². The number of aliphatic hydroxyl groups is 1. The summed E-state index contributed by atoms with van der Waals surface area (Å²) in [7, 11) is 0. The Labute approximate surface area is 78.5 Å². The minimum Gasteiger partial charge on any atom is -0.388 e. The molecule has 4 heteroatoms. The van der Waals surface area contributed by atoms with Crippen LogP contribution >= 0.6 is 0 Å². The Morgan fingerprint density at radius 1 is 1.62 bits per heavy atom. The first kappa shape index (κ1) is 10.5. The zero-order valence-electron chi connectivity index (χ0n) is 8.05. The van der Waals surface area contributed by atoms with E-state index in [2.05, 4.69) is 5.32 Å². The Bertz CT molecular complexity index is 186. The summed E-state index contributed by atoms with van der Waals surface area (Å²) in [5.41, 5.74) is 4.69. The highest BCUT2D eigenvalue weighted by Gasteiger charge is 2.31. The van der Waals surface area contributed by atoms with Crippen LogP contribution in [0.5, 0.6) is 0 Å². The van der Waals surface area contributed by atoms with Crippen molar-refractivity contribution in [3.63, 3.8) is 0 Å². The van der Waals surface area contributed by atoms with Crippen LogP contribution in [0.3, 0.4) is 0 Å². The number of nitrogens with two attached hydrogens (primary N) is 1. The standard InChI is InChI=1S/C9H18N2O2/c1-7(10)8(12)11-6-9(13)4-2-3-5-9/h7,13H,2-6,10H2,1H3,(H,11,12). The predicted molar refractivity (Wildman–Crippen MR) is 50.1 cm³/mol. The van der Waals surface area contributed by atoms with Crippen molar-refractivity contribution in [1.29, 1.82) is 0 Å². The number of rotatable bonds is 3. The molecule has 4 nitrogen and oxygen atoms in total. The third kappa shape index (κ3) is 2.97. The van der Waals surface area contributed by atoms with Crippen molar-refractivity contribution < 1.29 is 9.90 Å². The summed E-state index contributed by atoms with van der Waals surface area (Å²) in [6.07, 6.45) is 3.66. The molecule has 0 aromatic heterocycles. The first-order valence-electron chi connectivity index (χ1n) is 4.79. The van der Waals surface area contributed by atoms with Gasteiger partial charge in [-0.05, 0) is 19.8 Å². The lowest BCUT2D eigenvalue weighted by Gasteiger charge is -2.22. The lowest BCUT2D eigenvalue weighted by atomic mass is 10.0. The average Bonchev–Trinajstić information content (AvgIpc) is 2.48. The first-order valence-corrected chi connectivity index (χ1v) is 4.79. The minimum atomic E-state index is -0.676. The van der Waals surface area contributed by atoms with Crippen LogP contribution < -0.4 is 11.1 Å². The largest absolute Gasteiger partial charge is 0.388 e. The zero-order chi connectivity index (χ0) is 9.90. The Morgan fingerprint density at radius 3 is 2.62 bits per heavy atom. The van der Waals surface area contributed by atoms with Gasteiger partial charge in [0.15, 0.2) is 0 Å². The van der Waals surface area contributed by atoms with Gasteiger partial charge in [0.25, 0.3) is 0 Å². The molecule has 0 spiro atoms. The summed E-state index contributed by atoms with van der Waals surface area (Å²) < 4.78 is 0. The Balaban J connectivity index is 2.29. The Morgan fingerprint density at radius 2 is 2.15 bits per heavy atom. The van der Waals surface area contributed by atoms with E-state index in [1.165, 1.54) is 0 Å². The number of carbonyl (C=O) groups excluding carboxylic acids is 1. The second-order valence-electron chi connectivity index (χ2n) is 3.94. The van der Waals surface area contributed by atoms with Crippen molar-refractivity contribution in [2.24, 2.45) is 5.73 Å². The molecule has 0 aliphatic heterocycles. The lowest BCUT2D eigenvalue weighted by Crippen LogP contribution is -2.46. The molecular weight excluding hydrogens is 168 g/mol. The van der Waals surface area contributed by atoms with Crippen LogP contribution in [0.4, 0.5) is 0 Å². The predicted octanol–water partition coefficient (Wildman–Crippen LogP) is -0.245. The van der Waals surface area contributed by atoms with Gasteiger partial charge in [-0.25, -0.2) is 0 Å². The summed E-state index contributed by atoms with van der Waals surface area (Å²) >= 11 is 0. The molecule has 0 radical (unpaired) electrons. The highest BCUT2D eigenvalue weighted by atomic mass is 16.3. The molecule has 1 aliphatic carbocycles. The van der Waals surface area contributed by atoms with E-state index in [1.54, 1.807) is 6.92 Å². The zero-order valence-corrected chi connectivity index (χ0v) is 8.05. The SMILES string of the molecule is CC(N)C(=O)NCC1(O)CCCC1. The van der Waals surface area contributed by atoms with Crippen molar-refractivity contribution in [3.05, 3.63) is 0 Å². The normalized spacial score (nSPS) is 22.7. The quantitative estimate of drug-likeness (QED) is 0.569. The summed E-state index contributed by atoms with van der Waals surface area (Å²) in [6.45, 7) is 1.97. The van der Waals surface area contributed by atoms with E-state index >= 15 is 0 Å². The second-order valence-corrected chi connectivity index (χ2v) is 3.94. The Kier molecular flexibility index (Phi) is 3.27. The van der Waals surface area contributed by atoms with Gasteiger partial charge in [-0.2, -0.15) is 0 Å². The maximum atomic E-state index is 11.1. The molecule has 1 rings (SSSR count). The summed E-state index contributed by atoms with van der Waals surface area (Å²) in [5.74, 6) is -0.194. The molecule has 1 saturated carbocycles. The van der Waals surface area contributed by atoms with Gasteiger partial charge in [0.05, 0.1) is 11.6 Å². The molecule has 13 heavy (non-hydrogen) atoms. The van der Waals surface area contributed by atoms with Gasteiger partial charge in [0.1, 0.15) is 0 Å². The molecule has 0 bridgehead atoms. The van der Waals surface area contributed by atoms with E-state index in [0.29, 0.717) is 6.54 Å². The number of carbonyl (C=O) groups is 1. The molecule has 0 heterocycles. The minimum absolute atomic E-state index is 0.194. The molecule has 1 aliphatic rings. The first-order chi connectivity index (χ1) is 6.03. The third-order valence-corrected chi connectivity index (χ3v) is 2.54. The molecule has 0 saturated heterocycles. The second kappa shape index (κ2) is 4.07. The van der Waals surface area contributed by atoms with E-state index in [-0.39, 0.29) is 5.91 Å². The molecule has 1 atom stereocenters. The monoisotopic (exact) mass is 186 g/mol. The molecule has 76 valence electrons. The van der Waals surface area contributed by atoms with Gasteiger partial charge in [0, 0.05) is 6.54 Å². The van der Waals surface area contributed by atoms with Crippen LogP contribution in [0.25, 0.3) is 0 Å². The number of nitrogens with one attached hydrogen (secondary N) is 1.